The number of hydrogen-bond acceptors (Lipinski definition) is 5. The molecule has 1 saturated carbocycles. The lowest BCUT2D eigenvalue weighted by atomic mass is 9.84. The first-order valence-corrected chi connectivity index (χ1v) is 11.5. The SMILES string of the molecule is O=C(C1CCC1)N1CCOc2c(cc(-c3cccnc3)cc2OCC2CCCCO2)C1. The predicted octanol–water partition coefficient (Wildman–Crippen LogP) is 4.22. The van der Waals surface area contributed by atoms with Crippen molar-refractivity contribution in [3.05, 3.63) is 42.2 Å². The zero-order valence-electron chi connectivity index (χ0n) is 17.9. The highest BCUT2D eigenvalue weighted by molar-refractivity contribution is 5.80. The van der Waals surface area contributed by atoms with Gasteiger partial charge in [-0.25, -0.2) is 0 Å². The molecule has 1 amide bonds. The summed E-state index contributed by atoms with van der Waals surface area (Å²) >= 11 is 0. The molecule has 0 spiro atoms. The number of ether oxygens (including phenoxy) is 3. The van der Waals surface area contributed by atoms with Crippen LogP contribution in [0.3, 0.4) is 0 Å². The van der Waals surface area contributed by atoms with E-state index >= 15 is 0 Å². The van der Waals surface area contributed by atoms with Crippen molar-refractivity contribution in [2.24, 2.45) is 5.92 Å². The summed E-state index contributed by atoms with van der Waals surface area (Å²) in [6, 6.07) is 8.11. The molecule has 3 heterocycles. The van der Waals surface area contributed by atoms with Crippen molar-refractivity contribution in [1.82, 2.24) is 9.88 Å². The van der Waals surface area contributed by atoms with Crippen molar-refractivity contribution in [3.8, 4) is 22.6 Å². The number of hydrogen-bond donors (Lipinski definition) is 0. The Hall–Kier alpha value is -2.60. The zero-order valence-corrected chi connectivity index (χ0v) is 17.9. The molecule has 2 aliphatic heterocycles. The topological polar surface area (TPSA) is 60.9 Å². The summed E-state index contributed by atoms with van der Waals surface area (Å²) in [7, 11) is 0. The van der Waals surface area contributed by atoms with Crippen molar-refractivity contribution in [3.63, 3.8) is 0 Å². The molecular formula is C25H30N2O4. The second-order valence-electron chi connectivity index (χ2n) is 8.74. The Kier molecular flexibility index (Phi) is 6.07. The van der Waals surface area contributed by atoms with Crippen molar-refractivity contribution in [2.75, 3.05) is 26.4 Å². The predicted molar refractivity (Wildman–Crippen MR) is 117 cm³/mol. The largest absolute Gasteiger partial charge is 0.487 e. The summed E-state index contributed by atoms with van der Waals surface area (Å²) in [5.41, 5.74) is 3.03. The Morgan fingerprint density at radius 2 is 2.06 bits per heavy atom. The molecule has 3 aliphatic rings. The van der Waals surface area contributed by atoms with Crippen LogP contribution in [0.5, 0.6) is 11.5 Å². The van der Waals surface area contributed by atoms with Crippen LogP contribution in [0.25, 0.3) is 11.1 Å². The molecule has 2 fully saturated rings. The van der Waals surface area contributed by atoms with Gasteiger partial charge in [-0.15, -0.1) is 0 Å². The molecule has 0 radical (unpaired) electrons. The molecule has 6 heteroatoms. The van der Waals surface area contributed by atoms with E-state index in [2.05, 4.69) is 11.1 Å². The lowest BCUT2D eigenvalue weighted by Crippen LogP contribution is -2.39. The second-order valence-corrected chi connectivity index (χ2v) is 8.74. The van der Waals surface area contributed by atoms with Crippen LogP contribution in [0, 0.1) is 5.92 Å². The van der Waals surface area contributed by atoms with Gasteiger partial charge in [-0.2, -0.15) is 0 Å². The summed E-state index contributed by atoms with van der Waals surface area (Å²) in [6.07, 6.45) is 10.2. The molecule has 1 aromatic heterocycles. The highest BCUT2D eigenvalue weighted by Crippen LogP contribution is 2.39. The molecule has 1 aliphatic carbocycles. The van der Waals surface area contributed by atoms with Gasteiger partial charge in [-0.05, 0) is 55.9 Å². The van der Waals surface area contributed by atoms with E-state index in [9.17, 15) is 4.79 Å². The van der Waals surface area contributed by atoms with Gasteiger partial charge in [0.25, 0.3) is 0 Å². The van der Waals surface area contributed by atoms with Gasteiger partial charge in [-0.1, -0.05) is 12.5 Å². The molecule has 0 bridgehead atoms. The number of rotatable bonds is 5. The highest BCUT2D eigenvalue weighted by atomic mass is 16.5. The minimum absolute atomic E-state index is 0.119. The molecule has 2 aromatic rings. The average Bonchev–Trinajstić information content (AvgIpc) is 3.00. The van der Waals surface area contributed by atoms with Gasteiger partial charge >= 0.3 is 0 Å². The fourth-order valence-electron chi connectivity index (χ4n) is 4.51. The molecule has 0 N–H and O–H groups in total. The van der Waals surface area contributed by atoms with Crippen LogP contribution in [0.2, 0.25) is 0 Å². The summed E-state index contributed by atoms with van der Waals surface area (Å²) in [4.78, 5) is 19.2. The Morgan fingerprint density at radius 3 is 2.81 bits per heavy atom. The Labute approximate surface area is 183 Å². The second kappa shape index (κ2) is 9.27. The molecule has 1 unspecified atom stereocenters. The van der Waals surface area contributed by atoms with Crippen molar-refractivity contribution in [1.29, 1.82) is 0 Å². The van der Waals surface area contributed by atoms with Crippen LogP contribution in [0.4, 0.5) is 0 Å². The summed E-state index contributed by atoms with van der Waals surface area (Å²) in [6.45, 7) is 2.95. The number of pyridine rings is 1. The average molecular weight is 423 g/mol. The standard InChI is InChI=1S/C25H30N2O4/c28-25(18-5-3-6-18)27-10-12-30-24-21(16-27)13-20(19-7-4-9-26-15-19)14-23(24)31-17-22-8-1-2-11-29-22/h4,7,9,13-15,18,22H,1-3,5-6,8,10-12,16-17H2. The van der Waals surface area contributed by atoms with Crippen molar-refractivity contribution < 1.29 is 19.0 Å². The Balaban J connectivity index is 1.44. The molecule has 1 saturated heterocycles. The number of fused-ring (bicyclic) bond motifs is 1. The number of benzene rings is 1. The monoisotopic (exact) mass is 422 g/mol. The maximum atomic E-state index is 12.9. The smallest absolute Gasteiger partial charge is 0.226 e. The van der Waals surface area contributed by atoms with Gasteiger partial charge in [0.2, 0.25) is 5.91 Å². The molecule has 164 valence electrons. The fraction of sp³-hybridized carbons (Fsp3) is 0.520. The van der Waals surface area contributed by atoms with Crippen molar-refractivity contribution in [2.45, 2.75) is 51.2 Å². The van der Waals surface area contributed by atoms with E-state index < -0.39 is 0 Å². The van der Waals surface area contributed by atoms with E-state index in [1.807, 2.05) is 29.3 Å². The minimum atomic E-state index is 0.119. The van der Waals surface area contributed by atoms with Crippen LogP contribution in [0.1, 0.15) is 44.1 Å². The molecule has 1 atom stereocenters. The van der Waals surface area contributed by atoms with Crippen LogP contribution < -0.4 is 9.47 Å². The van der Waals surface area contributed by atoms with Gasteiger partial charge < -0.3 is 19.1 Å². The maximum Gasteiger partial charge on any atom is 0.226 e. The first-order valence-electron chi connectivity index (χ1n) is 11.5. The molecular weight excluding hydrogens is 392 g/mol. The minimum Gasteiger partial charge on any atom is -0.487 e. The van der Waals surface area contributed by atoms with E-state index in [-0.39, 0.29) is 17.9 Å². The Bertz CT molecular complexity index is 907. The van der Waals surface area contributed by atoms with Crippen LogP contribution >= 0.6 is 0 Å². The Morgan fingerprint density at radius 1 is 1.13 bits per heavy atom. The van der Waals surface area contributed by atoms with E-state index in [0.717, 1.165) is 66.9 Å². The molecule has 6 nitrogen and oxygen atoms in total. The maximum absolute atomic E-state index is 12.9. The molecule has 5 rings (SSSR count). The van der Waals surface area contributed by atoms with Crippen LogP contribution in [-0.4, -0.2) is 48.3 Å². The molecule has 31 heavy (non-hydrogen) atoms. The number of nitrogens with zero attached hydrogens (tertiary/aromatic N) is 2. The first-order chi connectivity index (χ1) is 15.3. The van der Waals surface area contributed by atoms with E-state index in [0.29, 0.717) is 26.3 Å². The highest BCUT2D eigenvalue weighted by Gasteiger charge is 2.31. The van der Waals surface area contributed by atoms with E-state index in [4.69, 9.17) is 14.2 Å². The van der Waals surface area contributed by atoms with Crippen LogP contribution in [-0.2, 0) is 16.1 Å². The number of amides is 1. The summed E-state index contributed by atoms with van der Waals surface area (Å²) < 4.78 is 18.3. The number of aromatic nitrogens is 1. The fourth-order valence-corrected chi connectivity index (χ4v) is 4.51. The number of carbonyl (C=O) groups is 1. The first kappa shape index (κ1) is 20.3. The number of carbonyl (C=O) groups excluding carboxylic acids is 1. The van der Waals surface area contributed by atoms with Gasteiger partial charge in [0.05, 0.1) is 12.6 Å². The molecule has 1 aromatic carbocycles. The summed E-state index contributed by atoms with van der Waals surface area (Å²) in [5.74, 6) is 1.92. The van der Waals surface area contributed by atoms with Crippen molar-refractivity contribution >= 4 is 5.91 Å². The lowest BCUT2D eigenvalue weighted by Gasteiger charge is -2.30. The lowest BCUT2D eigenvalue weighted by molar-refractivity contribution is -0.138. The third kappa shape index (κ3) is 4.54. The zero-order chi connectivity index (χ0) is 21.0. The van der Waals surface area contributed by atoms with Gasteiger partial charge in [0.1, 0.15) is 13.2 Å². The third-order valence-electron chi connectivity index (χ3n) is 6.56. The normalized spacial score (nSPS) is 21.4. The van der Waals surface area contributed by atoms with Gasteiger partial charge in [0.15, 0.2) is 11.5 Å². The quantitative estimate of drug-likeness (QED) is 0.722. The third-order valence-corrected chi connectivity index (χ3v) is 6.56. The van der Waals surface area contributed by atoms with Gasteiger partial charge in [-0.3, -0.25) is 9.78 Å². The summed E-state index contributed by atoms with van der Waals surface area (Å²) in [5, 5.41) is 0. The van der Waals surface area contributed by atoms with E-state index in [1.165, 1.54) is 6.42 Å². The van der Waals surface area contributed by atoms with E-state index in [1.54, 1.807) is 6.20 Å². The van der Waals surface area contributed by atoms with Gasteiger partial charge in [0, 0.05) is 42.6 Å². The van der Waals surface area contributed by atoms with Crippen LogP contribution in [0.15, 0.2) is 36.7 Å².